The smallest absolute Gasteiger partial charge is 0.416 e. The first-order valence-corrected chi connectivity index (χ1v) is 8.53. The van der Waals surface area contributed by atoms with Crippen LogP contribution in [-0.4, -0.2) is 17.4 Å². The molecule has 0 saturated carbocycles. The zero-order valence-electron chi connectivity index (χ0n) is 14.2. The standard InChI is InChI=1S/C21H16F3NO2/c22-21(23,24)17-7-5-15(6-8-17)19-18-4-2-1-3-14(18)9-11-25(19)20(26)16-10-12-27-13-16/h1-8,10,12-13,19H,9,11H2. The highest BCUT2D eigenvalue weighted by atomic mass is 19.4. The lowest BCUT2D eigenvalue weighted by atomic mass is 9.87. The monoisotopic (exact) mass is 371 g/mol. The van der Waals surface area contributed by atoms with Gasteiger partial charge in [-0.25, -0.2) is 0 Å². The van der Waals surface area contributed by atoms with Gasteiger partial charge in [0.2, 0.25) is 0 Å². The van der Waals surface area contributed by atoms with Gasteiger partial charge in [0.1, 0.15) is 6.26 Å². The Morgan fingerprint density at radius 1 is 1.04 bits per heavy atom. The van der Waals surface area contributed by atoms with E-state index in [1.807, 2.05) is 24.3 Å². The van der Waals surface area contributed by atoms with Crippen LogP contribution in [-0.2, 0) is 12.6 Å². The molecule has 2 aromatic carbocycles. The second-order valence-electron chi connectivity index (χ2n) is 6.48. The topological polar surface area (TPSA) is 33.5 Å². The molecule has 0 fully saturated rings. The molecule has 0 aliphatic carbocycles. The number of hydrogen-bond acceptors (Lipinski definition) is 2. The summed E-state index contributed by atoms with van der Waals surface area (Å²) in [5, 5.41) is 0. The summed E-state index contributed by atoms with van der Waals surface area (Å²) in [5.74, 6) is -0.205. The van der Waals surface area contributed by atoms with Gasteiger partial charge in [0.05, 0.1) is 23.4 Å². The maximum Gasteiger partial charge on any atom is 0.416 e. The molecule has 0 spiro atoms. The van der Waals surface area contributed by atoms with Crippen molar-refractivity contribution in [2.75, 3.05) is 6.54 Å². The van der Waals surface area contributed by atoms with Crippen LogP contribution in [0.3, 0.4) is 0 Å². The summed E-state index contributed by atoms with van der Waals surface area (Å²) >= 11 is 0. The third-order valence-corrected chi connectivity index (χ3v) is 4.87. The predicted octanol–water partition coefficient (Wildman–Crippen LogP) is 5.09. The van der Waals surface area contributed by atoms with Crippen LogP contribution in [0.1, 0.15) is 38.7 Å². The molecule has 1 atom stereocenters. The molecule has 1 aliphatic rings. The first kappa shape index (κ1) is 17.4. The van der Waals surface area contributed by atoms with Gasteiger partial charge in [-0.15, -0.1) is 0 Å². The van der Waals surface area contributed by atoms with Crippen molar-refractivity contribution in [2.45, 2.75) is 18.6 Å². The summed E-state index contributed by atoms with van der Waals surface area (Å²) in [7, 11) is 0. The van der Waals surface area contributed by atoms with Crippen molar-refractivity contribution in [2.24, 2.45) is 0 Å². The van der Waals surface area contributed by atoms with Crippen LogP contribution in [0, 0.1) is 0 Å². The highest BCUT2D eigenvalue weighted by molar-refractivity contribution is 5.94. The maximum absolute atomic E-state index is 13.0. The van der Waals surface area contributed by atoms with Crippen molar-refractivity contribution in [1.29, 1.82) is 0 Å². The second-order valence-corrected chi connectivity index (χ2v) is 6.48. The number of rotatable bonds is 2. The third-order valence-electron chi connectivity index (χ3n) is 4.87. The van der Waals surface area contributed by atoms with Gasteiger partial charge < -0.3 is 9.32 Å². The molecular weight excluding hydrogens is 355 g/mol. The molecule has 1 aliphatic heterocycles. The average Bonchev–Trinajstić information content (AvgIpc) is 3.21. The lowest BCUT2D eigenvalue weighted by Gasteiger charge is -2.37. The van der Waals surface area contributed by atoms with Crippen LogP contribution in [0.15, 0.2) is 71.5 Å². The Hall–Kier alpha value is -3.02. The van der Waals surface area contributed by atoms with E-state index in [0.717, 1.165) is 23.3 Å². The summed E-state index contributed by atoms with van der Waals surface area (Å²) in [6.45, 7) is 0.479. The van der Waals surface area contributed by atoms with Gasteiger partial charge in [-0.05, 0) is 41.3 Å². The largest absolute Gasteiger partial charge is 0.472 e. The number of carbonyl (C=O) groups excluding carboxylic acids is 1. The molecule has 4 rings (SSSR count). The first-order chi connectivity index (χ1) is 12.9. The van der Waals surface area contributed by atoms with E-state index in [2.05, 4.69) is 0 Å². The van der Waals surface area contributed by atoms with Gasteiger partial charge in [0, 0.05) is 6.54 Å². The molecule has 1 aromatic heterocycles. The number of halogens is 3. The molecule has 1 amide bonds. The number of benzene rings is 2. The molecule has 27 heavy (non-hydrogen) atoms. The molecule has 3 aromatic rings. The lowest BCUT2D eigenvalue weighted by molar-refractivity contribution is -0.137. The normalized spacial score (nSPS) is 16.9. The number of fused-ring (bicyclic) bond motifs is 1. The minimum absolute atomic E-state index is 0.205. The van der Waals surface area contributed by atoms with Crippen LogP contribution in [0.4, 0.5) is 13.2 Å². The van der Waals surface area contributed by atoms with Gasteiger partial charge in [-0.2, -0.15) is 13.2 Å². The fraction of sp³-hybridized carbons (Fsp3) is 0.190. The highest BCUT2D eigenvalue weighted by Gasteiger charge is 2.34. The number of hydrogen-bond donors (Lipinski definition) is 0. The molecule has 0 bridgehead atoms. The van der Waals surface area contributed by atoms with Gasteiger partial charge in [0.25, 0.3) is 5.91 Å². The van der Waals surface area contributed by atoms with E-state index in [-0.39, 0.29) is 5.91 Å². The van der Waals surface area contributed by atoms with Gasteiger partial charge in [-0.1, -0.05) is 36.4 Å². The molecule has 0 radical (unpaired) electrons. The second kappa shape index (κ2) is 6.61. The van der Waals surface area contributed by atoms with Crippen molar-refractivity contribution in [1.82, 2.24) is 4.90 Å². The van der Waals surface area contributed by atoms with Crippen LogP contribution in [0.25, 0.3) is 0 Å². The Bertz CT molecular complexity index is 946. The predicted molar refractivity (Wildman–Crippen MR) is 93.2 cm³/mol. The molecule has 0 N–H and O–H groups in total. The SMILES string of the molecule is O=C(c1ccoc1)N1CCc2ccccc2C1c1ccc(C(F)(F)F)cc1. The first-order valence-electron chi connectivity index (χ1n) is 8.53. The van der Waals surface area contributed by atoms with Crippen molar-refractivity contribution in [3.05, 3.63) is 94.9 Å². The van der Waals surface area contributed by atoms with Crippen molar-refractivity contribution in [3.8, 4) is 0 Å². The molecule has 1 unspecified atom stereocenters. The number of nitrogens with zero attached hydrogens (tertiary/aromatic N) is 1. The summed E-state index contributed by atoms with van der Waals surface area (Å²) in [6, 6.07) is 13.9. The summed E-state index contributed by atoms with van der Waals surface area (Å²) in [5.41, 5.74) is 2.39. The van der Waals surface area contributed by atoms with E-state index >= 15 is 0 Å². The van der Waals surface area contributed by atoms with E-state index < -0.39 is 17.8 Å². The van der Waals surface area contributed by atoms with Crippen LogP contribution in [0.2, 0.25) is 0 Å². The van der Waals surface area contributed by atoms with E-state index in [0.29, 0.717) is 24.1 Å². The minimum Gasteiger partial charge on any atom is -0.472 e. The maximum atomic E-state index is 13.0. The van der Waals surface area contributed by atoms with Crippen LogP contribution < -0.4 is 0 Å². The Kier molecular flexibility index (Phi) is 4.26. The molecule has 2 heterocycles. The van der Waals surface area contributed by atoms with Gasteiger partial charge >= 0.3 is 6.18 Å². The quantitative estimate of drug-likeness (QED) is 0.629. The summed E-state index contributed by atoms with van der Waals surface area (Å²) in [4.78, 5) is 14.7. The number of alkyl halides is 3. The molecule has 6 heteroatoms. The summed E-state index contributed by atoms with van der Waals surface area (Å²) in [6.07, 6.45) is -0.892. The Morgan fingerprint density at radius 2 is 1.78 bits per heavy atom. The lowest BCUT2D eigenvalue weighted by Crippen LogP contribution is -2.40. The minimum atomic E-state index is -4.39. The van der Waals surface area contributed by atoms with Crippen LogP contribution in [0.5, 0.6) is 0 Å². The van der Waals surface area contributed by atoms with Gasteiger partial charge in [-0.3, -0.25) is 4.79 Å². The van der Waals surface area contributed by atoms with Crippen molar-refractivity contribution in [3.63, 3.8) is 0 Å². The van der Waals surface area contributed by atoms with Crippen LogP contribution >= 0.6 is 0 Å². The fourth-order valence-corrected chi connectivity index (χ4v) is 3.55. The fourth-order valence-electron chi connectivity index (χ4n) is 3.55. The van der Waals surface area contributed by atoms with E-state index in [1.54, 1.807) is 11.0 Å². The third kappa shape index (κ3) is 3.23. The average molecular weight is 371 g/mol. The Balaban J connectivity index is 1.78. The number of carbonyl (C=O) groups is 1. The molecule has 138 valence electrons. The van der Waals surface area contributed by atoms with E-state index in [9.17, 15) is 18.0 Å². The molecule has 3 nitrogen and oxygen atoms in total. The zero-order chi connectivity index (χ0) is 19.0. The van der Waals surface area contributed by atoms with Crippen molar-refractivity contribution < 1.29 is 22.4 Å². The van der Waals surface area contributed by atoms with E-state index in [1.165, 1.54) is 24.7 Å². The number of furan rings is 1. The Morgan fingerprint density at radius 3 is 2.44 bits per heavy atom. The Labute approximate surface area is 154 Å². The van der Waals surface area contributed by atoms with Gasteiger partial charge in [0.15, 0.2) is 0 Å². The number of amides is 1. The van der Waals surface area contributed by atoms with Crippen molar-refractivity contribution >= 4 is 5.91 Å². The summed E-state index contributed by atoms with van der Waals surface area (Å²) < 4.78 is 43.8. The highest BCUT2D eigenvalue weighted by Crippen LogP contribution is 2.37. The molecular formula is C21H16F3NO2. The van der Waals surface area contributed by atoms with E-state index in [4.69, 9.17) is 4.42 Å². The molecule has 0 saturated heterocycles. The zero-order valence-corrected chi connectivity index (χ0v) is 14.2.